The summed E-state index contributed by atoms with van der Waals surface area (Å²) in [5, 5.41) is 0. The predicted octanol–water partition coefficient (Wildman–Crippen LogP) is 18.8. The van der Waals surface area contributed by atoms with E-state index in [-0.39, 0.29) is 0 Å². The standard InChI is InChI=1S/2C10H14.2C9H12.2C7H10S.C6H8S/c2*1-7-5-8(2)10(4)9(3)6-7;1-7-4-8(2)6-9(3)5-7;1-7-5-4-6-8(2)9(7)3;2*1-5-4-6(2)8-7(5)3;1-5-3-4-6(2)7-5/h2*5-6H,1-4H3;2*4-6H,1-3H3;2*4H,1-3H3;3-4H,1-2H3. The zero-order chi connectivity index (χ0) is 46.7. The number of aryl methyl sites for hydroxylation is 19. The number of hydrogen-bond acceptors (Lipinski definition) is 3. The van der Waals surface area contributed by atoms with Crippen LogP contribution in [0.1, 0.15) is 118 Å². The summed E-state index contributed by atoms with van der Waals surface area (Å²) in [6.07, 6.45) is 0. The maximum absolute atomic E-state index is 2.22. The Morgan fingerprint density at radius 1 is 0.230 bits per heavy atom. The van der Waals surface area contributed by atoms with Crippen LogP contribution in [0.3, 0.4) is 0 Å². The molecule has 0 radical (unpaired) electrons. The molecule has 3 aromatic heterocycles. The van der Waals surface area contributed by atoms with Crippen molar-refractivity contribution < 1.29 is 0 Å². The van der Waals surface area contributed by atoms with E-state index in [1.807, 2.05) is 34.0 Å². The fraction of sp³-hybridized carbons (Fsp3) is 0.379. The number of rotatable bonds is 0. The normalized spacial score (nSPS) is 9.80. The van der Waals surface area contributed by atoms with Crippen molar-refractivity contribution in [3.05, 3.63) is 203 Å². The van der Waals surface area contributed by atoms with Gasteiger partial charge in [0.2, 0.25) is 0 Å². The van der Waals surface area contributed by atoms with Crippen molar-refractivity contribution in [2.24, 2.45) is 0 Å². The number of benzene rings is 4. The van der Waals surface area contributed by atoms with Gasteiger partial charge in [-0.1, -0.05) is 88.5 Å². The maximum Gasteiger partial charge on any atom is 0.00462 e. The van der Waals surface area contributed by atoms with Gasteiger partial charge in [0.15, 0.2) is 0 Å². The molecule has 330 valence electrons. The van der Waals surface area contributed by atoms with E-state index in [9.17, 15) is 0 Å². The summed E-state index contributed by atoms with van der Waals surface area (Å²) in [7, 11) is 0. The lowest BCUT2D eigenvalue weighted by molar-refractivity contribution is 1.23. The molecule has 4 aromatic carbocycles. The molecule has 7 rings (SSSR count). The summed E-state index contributed by atoms with van der Waals surface area (Å²) in [6.45, 7) is 47.2. The van der Waals surface area contributed by atoms with Crippen LogP contribution in [0, 0.1) is 152 Å². The molecule has 0 aliphatic rings. The van der Waals surface area contributed by atoms with E-state index in [2.05, 4.69) is 237 Å². The van der Waals surface area contributed by atoms with Crippen molar-refractivity contribution in [2.75, 3.05) is 0 Å². The van der Waals surface area contributed by atoms with Gasteiger partial charge in [0.05, 0.1) is 0 Å². The highest BCUT2D eigenvalue weighted by atomic mass is 32.1. The highest BCUT2D eigenvalue weighted by molar-refractivity contribution is 7.12. The monoisotopic (exact) mass is 873 g/mol. The lowest BCUT2D eigenvalue weighted by Gasteiger charge is -2.04. The first-order valence-corrected chi connectivity index (χ1v) is 24.0. The van der Waals surface area contributed by atoms with Crippen molar-refractivity contribution >= 4 is 34.0 Å². The van der Waals surface area contributed by atoms with Crippen LogP contribution in [0.25, 0.3) is 0 Å². The van der Waals surface area contributed by atoms with Crippen molar-refractivity contribution in [1.82, 2.24) is 0 Å². The Balaban J connectivity index is 0.000000357. The van der Waals surface area contributed by atoms with Gasteiger partial charge in [0.25, 0.3) is 0 Å². The molecular weight excluding hydrogens is 793 g/mol. The summed E-state index contributed by atoms with van der Waals surface area (Å²) in [4.78, 5) is 8.53. The van der Waals surface area contributed by atoms with Gasteiger partial charge < -0.3 is 0 Å². The molecule has 7 aromatic rings. The number of thiophene rings is 3. The molecule has 0 fully saturated rings. The molecular formula is C58H80S3. The second-order valence-corrected chi connectivity index (χ2v) is 21.5. The van der Waals surface area contributed by atoms with E-state index in [1.54, 1.807) is 0 Å². The highest BCUT2D eigenvalue weighted by Crippen LogP contribution is 2.20. The summed E-state index contributed by atoms with van der Waals surface area (Å²) in [6, 6.07) is 30.6. The van der Waals surface area contributed by atoms with Crippen LogP contribution in [0.2, 0.25) is 0 Å². The summed E-state index contributed by atoms with van der Waals surface area (Å²) >= 11 is 5.58. The smallest absolute Gasteiger partial charge is 0.00462 e. The lowest BCUT2D eigenvalue weighted by atomic mass is 10.0. The fourth-order valence-corrected chi connectivity index (χ4v) is 9.33. The van der Waals surface area contributed by atoms with E-state index < -0.39 is 0 Å². The summed E-state index contributed by atoms with van der Waals surface area (Å²) in [5.74, 6) is 0. The lowest BCUT2D eigenvalue weighted by Crippen LogP contribution is -1.86. The summed E-state index contributed by atoms with van der Waals surface area (Å²) in [5.41, 5.74) is 22.3. The molecule has 0 saturated heterocycles. The molecule has 3 heteroatoms. The molecule has 0 bridgehead atoms. The Hall–Kier alpha value is -4.02. The number of hydrogen-bond donors (Lipinski definition) is 0. The van der Waals surface area contributed by atoms with E-state index in [0.29, 0.717) is 0 Å². The molecule has 0 nitrogen and oxygen atoms in total. The van der Waals surface area contributed by atoms with Crippen LogP contribution < -0.4 is 0 Å². The Morgan fingerprint density at radius 2 is 0.492 bits per heavy atom. The molecule has 0 unspecified atom stereocenters. The maximum atomic E-state index is 2.22. The van der Waals surface area contributed by atoms with Crippen LogP contribution in [-0.2, 0) is 0 Å². The largest absolute Gasteiger partial charge is 0.146 e. The van der Waals surface area contributed by atoms with E-state index in [0.717, 1.165) is 0 Å². The molecule has 0 atom stereocenters. The zero-order valence-electron chi connectivity index (χ0n) is 42.3. The first kappa shape index (κ1) is 55.0. The third-order valence-electron chi connectivity index (χ3n) is 10.8. The SMILES string of the molecule is Cc1cc(C)c(C)c(C)c1.Cc1cc(C)c(C)c(C)c1.Cc1cc(C)c(C)s1.Cc1cc(C)c(C)s1.Cc1cc(C)cc(C)c1.Cc1ccc(C)s1.Cc1cccc(C)c1C. The van der Waals surface area contributed by atoms with E-state index in [1.165, 1.54) is 118 Å². The Kier molecular flexibility index (Phi) is 24.5. The van der Waals surface area contributed by atoms with Crippen LogP contribution >= 0.6 is 34.0 Å². The van der Waals surface area contributed by atoms with Crippen LogP contribution in [0.4, 0.5) is 0 Å². The Bertz CT molecular complexity index is 2110. The van der Waals surface area contributed by atoms with Gasteiger partial charge in [-0.2, -0.15) is 0 Å². The molecule has 0 saturated carbocycles. The molecule has 0 N–H and O–H groups in total. The van der Waals surface area contributed by atoms with Crippen molar-refractivity contribution in [1.29, 1.82) is 0 Å². The van der Waals surface area contributed by atoms with Gasteiger partial charge in [0.1, 0.15) is 0 Å². The van der Waals surface area contributed by atoms with Gasteiger partial charge >= 0.3 is 0 Å². The Morgan fingerprint density at radius 3 is 0.672 bits per heavy atom. The minimum absolute atomic E-state index is 1.35. The molecule has 0 amide bonds. The first-order valence-electron chi connectivity index (χ1n) is 21.6. The third kappa shape index (κ3) is 21.6. The zero-order valence-corrected chi connectivity index (χ0v) is 44.8. The van der Waals surface area contributed by atoms with Gasteiger partial charge in [-0.15, -0.1) is 34.0 Å². The predicted molar refractivity (Wildman–Crippen MR) is 283 cm³/mol. The van der Waals surface area contributed by atoms with Gasteiger partial charge in [0, 0.05) is 29.3 Å². The minimum atomic E-state index is 1.35. The van der Waals surface area contributed by atoms with E-state index >= 15 is 0 Å². The van der Waals surface area contributed by atoms with Gasteiger partial charge in [-0.05, 0) is 238 Å². The van der Waals surface area contributed by atoms with Crippen molar-refractivity contribution in [3.63, 3.8) is 0 Å². The second kappa shape index (κ2) is 27.1. The third-order valence-corrected chi connectivity index (χ3v) is 13.9. The van der Waals surface area contributed by atoms with E-state index in [4.69, 9.17) is 0 Å². The molecule has 61 heavy (non-hydrogen) atoms. The van der Waals surface area contributed by atoms with Crippen molar-refractivity contribution in [2.45, 2.75) is 152 Å². The average Bonchev–Trinajstić information content (AvgIpc) is 3.78. The van der Waals surface area contributed by atoms with Crippen molar-refractivity contribution in [3.8, 4) is 0 Å². The van der Waals surface area contributed by atoms with Crippen LogP contribution in [-0.4, -0.2) is 0 Å². The average molecular weight is 873 g/mol. The molecule has 3 heterocycles. The molecule has 0 aliphatic heterocycles. The van der Waals surface area contributed by atoms with Gasteiger partial charge in [-0.25, -0.2) is 0 Å². The Labute approximate surface area is 387 Å². The molecule has 0 aliphatic carbocycles. The van der Waals surface area contributed by atoms with Crippen LogP contribution in [0.15, 0.2) is 84.9 Å². The summed E-state index contributed by atoms with van der Waals surface area (Å²) < 4.78 is 0. The minimum Gasteiger partial charge on any atom is -0.146 e. The van der Waals surface area contributed by atoms with Gasteiger partial charge in [-0.3, -0.25) is 0 Å². The highest BCUT2D eigenvalue weighted by Gasteiger charge is 1.98. The second-order valence-electron chi connectivity index (χ2n) is 17.1. The quantitative estimate of drug-likeness (QED) is 0.142. The topological polar surface area (TPSA) is 0 Å². The van der Waals surface area contributed by atoms with Crippen LogP contribution in [0.5, 0.6) is 0 Å². The molecule has 0 spiro atoms. The first-order chi connectivity index (χ1) is 28.3. The fourth-order valence-electron chi connectivity index (χ4n) is 6.68.